The molecule has 1 heterocycles. The number of hydrogen-bond acceptors (Lipinski definition) is 1. The number of aromatic nitrogens is 1. The minimum absolute atomic E-state index is 0.525. The number of H-pyrrole nitrogens is 1. The Hall–Kier alpha value is -1.28. The van der Waals surface area contributed by atoms with Crippen molar-refractivity contribution >= 4 is 10.9 Å². The van der Waals surface area contributed by atoms with Gasteiger partial charge < -0.3 is 10.7 Å². The van der Waals surface area contributed by atoms with E-state index in [1.165, 1.54) is 53.3 Å². The van der Waals surface area contributed by atoms with Crippen LogP contribution in [0.2, 0.25) is 0 Å². The van der Waals surface area contributed by atoms with Crippen LogP contribution in [0.25, 0.3) is 10.9 Å². The van der Waals surface area contributed by atoms with Crippen molar-refractivity contribution in [2.75, 3.05) is 6.54 Å². The van der Waals surface area contributed by atoms with Gasteiger partial charge in [0.15, 0.2) is 0 Å². The molecule has 1 aromatic carbocycles. The number of nitrogens with two attached hydrogens (primary N) is 1. The minimum Gasteiger partial charge on any atom is -0.361 e. The Morgan fingerprint density at radius 2 is 2.00 bits per heavy atom. The molecular formula is C17H24N2. The normalized spacial score (nSPS) is 18.3. The third-order valence-corrected chi connectivity index (χ3v) is 4.79. The zero-order valence-corrected chi connectivity index (χ0v) is 12.0. The van der Waals surface area contributed by atoms with Crippen molar-refractivity contribution in [3.8, 4) is 0 Å². The summed E-state index contributed by atoms with van der Waals surface area (Å²) in [5, 5.41) is 1.39. The van der Waals surface area contributed by atoms with Crippen molar-refractivity contribution in [1.82, 2.24) is 4.98 Å². The average molecular weight is 256 g/mol. The molecule has 2 nitrogen and oxygen atoms in total. The monoisotopic (exact) mass is 256 g/mol. The Morgan fingerprint density at radius 1 is 1.26 bits per heavy atom. The van der Waals surface area contributed by atoms with Crippen LogP contribution in [0, 0.1) is 19.8 Å². The molecule has 19 heavy (non-hydrogen) atoms. The van der Waals surface area contributed by atoms with E-state index in [0.29, 0.717) is 5.92 Å². The molecule has 1 saturated carbocycles. The lowest BCUT2D eigenvalue weighted by molar-refractivity contribution is 0.442. The quantitative estimate of drug-likeness (QED) is 0.855. The summed E-state index contributed by atoms with van der Waals surface area (Å²) >= 11 is 0. The lowest BCUT2D eigenvalue weighted by Crippen LogP contribution is -2.19. The maximum atomic E-state index is 6.10. The first-order valence-corrected chi connectivity index (χ1v) is 7.49. The fraction of sp³-hybridized carbons (Fsp3) is 0.529. The van der Waals surface area contributed by atoms with Gasteiger partial charge in [0.05, 0.1) is 0 Å². The predicted octanol–water partition coefficient (Wildman–Crippen LogP) is 4.02. The van der Waals surface area contributed by atoms with Crippen LogP contribution >= 0.6 is 0 Å². The van der Waals surface area contributed by atoms with E-state index in [1.54, 1.807) is 0 Å². The second-order valence-electron chi connectivity index (χ2n) is 6.14. The van der Waals surface area contributed by atoms with Crippen LogP contribution in [-0.2, 0) is 0 Å². The lowest BCUT2D eigenvalue weighted by atomic mass is 9.84. The molecule has 1 aliphatic carbocycles. The molecule has 3 rings (SSSR count). The SMILES string of the molecule is Cc1cc(C)c2[nH]cc(C(CN)C3CCCC3)c2c1. The van der Waals surface area contributed by atoms with E-state index in [-0.39, 0.29) is 0 Å². The molecule has 0 aliphatic heterocycles. The highest BCUT2D eigenvalue weighted by Gasteiger charge is 2.27. The van der Waals surface area contributed by atoms with Crippen molar-refractivity contribution in [3.63, 3.8) is 0 Å². The zero-order chi connectivity index (χ0) is 13.4. The second kappa shape index (κ2) is 5.01. The zero-order valence-electron chi connectivity index (χ0n) is 12.0. The minimum atomic E-state index is 0.525. The van der Waals surface area contributed by atoms with E-state index in [4.69, 9.17) is 5.73 Å². The Bertz CT molecular complexity index is 576. The van der Waals surface area contributed by atoms with Crippen molar-refractivity contribution < 1.29 is 0 Å². The summed E-state index contributed by atoms with van der Waals surface area (Å²) in [6, 6.07) is 4.56. The number of nitrogens with one attached hydrogen (secondary N) is 1. The molecule has 0 bridgehead atoms. The Balaban J connectivity index is 2.08. The van der Waals surface area contributed by atoms with Crippen molar-refractivity contribution in [2.24, 2.45) is 11.7 Å². The van der Waals surface area contributed by atoms with Gasteiger partial charge in [0.25, 0.3) is 0 Å². The molecule has 0 radical (unpaired) electrons. The molecule has 1 unspecified atom stereocenters. The molecule has 1 fully saturated rings. The molecular weight excluding hydrogens is 232 g/mol. The maximum absolute atomic E-state index is 6.10. The van der Waals surface area contributed by atoms with E-state index in [2.05, 4.69) is 37.2 Å². The standard InChI is InChI=1S/C17H24N2/c1-11-7-12(2)17-14(8-11)16(10-19-17)15(9-18)13-5-3-4-6-13/h7-8,10,13,15,19H,3-6,9,18H2,1-2H3. The molecule has 2 aromatic rings. The number of benzene rings is 1. The van der Waals surface area contributed by atoms with Crippen LogP contribution in [0.15, 0.2) is 18.3 Å². The molecule has 102 valence electrons. The van der Waals surface area contributed by atoms with Gasteiger partial charge in [0, 0.05) is 23.0 Å². The first-order chi connectivity index (χ1) is 9.20. The summed E-state index contributed by atoms with van der Waals surface area (Å²) < 4.78 is 0. The predicted molar refractivity (Wildman–Crippen MR) is 81.5 cm³/mol. The summed E-state index contributed by atoms with van der Waals surface area (Å²) in [6.45, 7) is 5.13. The molecule has 1 atom stereocenters. The highest BCUT2D eigenvalue weighted by molar-refractivity contribution is 5.87. The van der Waals surface area contributed by atoms with Gasteiger partial charge in [-0.1, -0.05) is 24.5 Å². The number of aryl methyl sites for hydroxylation is 2. The van der Waals surface area contributed by atoms with Gasteiger partial charge in [-0.05, 0) is 56.3 Å². The van der Waals surface area contributed by atoms with Crippen LogP contribution in [-0.4, -0.2) is 11.5 Å². The van der Waals surface area contributed by atoms with Crippen LogP contribution in [0.4, 0.5) is 0 Å². The summed E-state index contributed by atoms with van der Waals surface area (Å²) in [6.07, 6.45) is 7.65. The Morgan fingerprint density at radius 3 is 2.68 bits per heavy atom. The van der Waals surface area contributed by atoms with E-state index < -0.39 is 0 Å². The second-order valence-corrected chi connectivity index (χ2v) is 6.14. The third kappa shape index (κ3) is 2.18. The van der Waals surface area contributed by atoms with Crippen molar-refractivity contribution in [2.45, 2.75) is 45.4 Å². The van der Waals surface area contributed by atoms with E-state index >= 15 is 0 Å². The third-order valence-electron chi connectivity index (χ3n) is 4.79. The topological polar surface area (TPSA) is 41.8 Å². The van der Waals surface area contributed by atoms with E-state index in [1.807, 2.05) is 0 Å². The summed E-state index contributed by atoms with van der Waals surface area (Å²) in [5.41, 5.74) is 11.5. The fourth-order valence-corrected chi connectivity index (χ4v) is 3.85. The highest BCUT2D eigenvalue weighted by Crippen LogP contribution is 2.39. The van der Waals surface area contributed by atoms with Gasteiger partial charge >= 0.3 is 0 Å². The molecule has 2 heteroatoms. The number of aromatic amines is 1. The van der Waals surface area contributed by atoms with Crippen LogP contribution in [0.5, 0.6) is 0 Å². The summed E-state index contributed by atoms with van der Waals surface area (Å²) in [4.78, 5) is 3.47. The smallest absolute Gasteiger partial charge is 0.0486 e. The molecule has 1 aliphatic rings. The molecule has 0 spiro atoms. The Kier molecular flexibility index (Phi) is 3.36. The number of hydrogen-bond donors (Lipinski definition) is 2. The van der Waals surface area contributed by atoms with Gasteiger partial charge in [0.2, 0.25) is 0 Å². The summed E-state index contributed by atoms with van der Waals surface area (Å²) in [5.74, 6) is 1.31. The van der Waals surface area contributed by atoms with Crippen molar-refractivity contribution in [3.05, 3.63) is 35.0 Å². The number of fused-ring (bicyclic) bond motifs is 1. The van der Waals surface area contributed by atoms with Gasteiger partial charge in [-0.15, -0.1) is 0 Å². The van der Waals surface area contributed by atoms with E-state index in [0.717, 1.165) is 12.5 Å². The molecule has 0 saturated heterocycles. The van der Waals surface area contributed by atoms with Crippen LogP contribution < -0.4 is 5.73 Å². The van der Waals surface area contributed by atoms with Crippen molar-refractivity contribution in [1.29, 1.82) is 0 Å². The van der Waals surface area contributed by atoms with Gasteiger partial charge in [-0.2, -0.15) is 0 Å². The largest absolute Gasteiger partial charge is 0.361 e. The molecule has 1 aromatic heterocycles. The molecule has 0 amide bonds. The van der Waals surface area contributed by atoms with Crippen LogP contribution in [0.3, 0.4) is 0 Å². The fourth-order valence-electron chi connectivity index (χ4n) is 3.85. The first-order valence-electron chi connectivity index (χ1n) is 7.49. The highest BCUT2D eigenvalue weighted by atomic mass is 14.7. The lowest BCUT2D eigenvalue weighted by Gasteiger charge is -2.21. The summed E-state index contributed by atoms with van der Waals surface area (Å²) in [7, 11) is 0. The van der Waals surface area contributed by atoms with Gasteiger partial charge in [-0.25, -0.2) is 0 Å². The van der Waals surface area contributed by atoms with Crippen LogP contribution in [0.1, 0.15) is 48.3 Å². The number of rotatable bonds is 3. The molecule has 3 N–H and O–H groups in total. The van der Waals surface area contributed by atoms with Gasteiger partial charge in [-0.3, -0.25) is 0 Å². The Labute approximate surface area is 115 Å². The van der Waals surface area contributed by atoms with Gasteiger partial charge in [0.1, 0.15) is 0 Å². The average Bonchev–Trinajstić information content (AvgIpc) is 3.01. The first kappa shape index (κ1) is 12.7. The maximum Gasteiger partial charge on any atom is 0.0486 e. The van der Waals surface area contributed by atoms with E-state index in [9.17, 15) is 0 Å².